The summed E-state index contributed by atoms with van der Waals surface area (Å²) in [6.45, 7) is 0. The monoisotopic (exact) mass is 195 g/mol. The molecule has 0 radical (unpaired) electrons. The van der Waals surface area contributed by atoms with E-state index in [1.165, 1.54) is 4.90 Å². The molecule has 0 spiro atoms. The van der Waals surface area contributed by atoms with Crippen LogP contribution < -0.4 is 9.06 Å². The summed E-state index contributed by atoms with van der Waals surface area (Å²) in [6, 6.07) is 0. The van der Waals surface area contributed by atoms with Crippen molar-refractivity contribution >= 4 is 10.0 Å². The zero-order chi connectivity index (χ0) is 8.08. The van der Waals surface area contributed by atoms with Gasteiger partial charge in [-0.1, -0.05) is 0 Å². The van der Waals surface area contributed by atoms with E-state index in [2.05, 4.69) is 31.2 Å². The van der Waals surface area contributed by atoms with Crippen molar-refractivity contribution in [2.75, 3.05) is 21.1 Å². The molecular formula is C3H10ClCrNO3. The van der Waals surface area contributed by atoms with Gasteiger partial charge in [-0.25, -0.2) is 0 Å². The van der Waals surface area contributed by atoms with Crippen molar-refractivity contribution in [3.05, 3.63) is 0 Å². The minimum absolute atomic E-state index is 1.42. The molecule has 58 valence electrons. The van der Waals surface area contributed by atoms with Gasteiger partial charge in [0.2, 0.25) is 0 Å². The molecule has 0 heterocycles. The second kappa shape index (κ2) is 5.15. The number of halogens is 1. The summed E-state index contributed by atoms with van der Waals surface area (Å²) in [6.07, 6.45) is 0. The molecule has 0 rings (SSSR count). The summed E-state index contributed by atoms with van der Waals surface area (Å²) in [5, 5.41) is 0. The van der Waals surface area contributed by atoms with Crippen LogP contribution in [0.4, 0.5) is 0 Å². The van der Waals surface area contributed by atoms with Crippen molar-refractivity contribution in [3.63, 3.8) is 0 Å². The number of hydrogen-bond donors (Lipinski definition) is 1. The molecule has 0 aliphatic carbocycles. The van der Waals surface area contributed by atoms with Gasteiger partial charge < -0.3 is 4.90 Å². The van der Waals surface area contributed by atoms with E-state index in [0.29, 0.717) is 0 Å². The average Bonchev–Trinajstić information content (AvgIpc) is 1.19. The van der Waals surface area contributed by atoms with Gasteiger partial charge >= 0.3 is 34.2 Å². The van der Waals surface area contributed by atoms with Gasteiger partial charge in [0.15, 0.2) is 0 Å². The molecule has 0 aliphatic rings. The first kappa shape index (κ1) is 12.1. The van der Waals surface area contributed by atoms with Gasteiger partial charge in [0.25, 0.3) is 0 Å². The van der Waals surface area contributed by atoms with Crippen molar-refractivity contribution in [2.45, 2.75) is 0 Å². The third kappa shape index (κ3) is 2860. The van der Waals surface area contributed by atoms with E-state index in [4.69, 9.17) is 11.8 Å². The summed E-state index contributed by atoms with van der Waals surface area (Å²) >= 11 is -5.03. The van der Waals surface area contributed by atoms with Crippen LogP contribution in [0.15, 0.2) is 0 Å². The fraction of sp³-hybridized carbons (Fsp3) is 1.00. The molecule has 4 nitrogen and oxygen atoms in total. The molecule has 0 aromatic heterocycles. The summed E-state index contributed by atoms with van der Waals surface area (Å²) in [5.74, 6) is 0. The topological polar surface area (TPSA) is 61.6 Å². The van der Waals surface area contributed by atoms with Gasteiger partial charge in [-0.3, -0.25) is 0 Å². The number of hydrogen-bond acceptors (Lipinski definition) is 3. The van der Waals surface area contributed by atoms with Crippen LogP contribution in [-0.4, -0.2) is 21.1 Å². The van der Waals surface area contributed by atoms with Crippen LogP contribution in [0, 0.1) is 0 Å². The molecule has 0 atom stereocenters. The first-order chi connectivity index (χ1) is 3.73. The molecule has 0 unspecified atom stereocenters. The Morgan fingerprint density at radius 3 is 1.33 bits per heavy atom. The van der Waals surface area contributed by atoms with Crippen molar-refractivity contribution < 1.29 is 29.0 Å². The summed E-state index contributed by atoms with van der Waals surface area (Å²) in [7, 11) is 10.3. The fourth-order valence-corrected chi connectivity index (χ4v) is 0. The first-order valence-electron chi connectivity index (χ1n) is 2.15. The Bertz CT molecular complexity index is 130. The second-order valence-electron chi connectivity index (χ2n) is 1.89. The van der Waals surface area contributed by atoms with Crippen molar-refractivity contribution in [3.8, 4) is 0 Å². The third-order valence-corrected chi connectivity index (χ3v) is 0. The molecule has 1 N–H and O–H groups in total. The molecule has 0 aromatic carbocycles. The minimum atomic E-state index is -5.03. The Labute approximate surface area is 60.7 Å². The van der Waals surface area contributed by atoms with E-state index < -0.39 is 12.4 Å². The summed E-state index contributed by atoms with van der Waals surface area (Å²) in [5.41, 5.74) is 0. The zero-order valence-electron chi connectivity index (χ0n) is 5.51. The van der Waals surface area contributed by atoms with Crippen LogP contribution in [0.3, 0.4) is 0 Å². The van der Waals surface area contributed by atoms with Gasteiger partial charge in [-0.2, -0.15) is 0 Å². The van der Waals surface area contributed by atoms with Crippen LogP contribution >= 0.6 is 10.0 Å². The Morgan fingerprint density at radius 1 is 1.33 bits per heavy atom. The van der Waals surface area contributed by atoms with Crippen LogP contribution in [0.2, 0.25) is 0 Å². The normalized spacial score (nSPS) is 10.4. The van der Waals surface area contributed by atoms with Crippen molar-refractivity contribution in [1.29, 1.82) is 0 Å². The van der Waals surface area contributed by atoms with Gasteiger partial charge in [0.1, 0.15) is 0 Å². The number of rotatable bonds is 0. The molecule has 0 saturated carbocycles. The van der Waals surface area contributed by atoms with Crippen LogP contribution in [0.1, 0.15) is 0 Å². The first-order valence-corrected chi connectivity index (χ1v) is 5.47. The molecule has 9 heavy (non-hydrogen) atoms. The molecule has 0 aromatic rings. The summed E-state index contributed by atoms with van der Waals surface area (Å²) in [4.78, 5) is 1.42. The van der Waals surface area contributed by atoms with Crippen molar-refractivity contribution in [2.24, 2.45) is 0 Å². The molecule has 6 heteroatoms. The molecule has 0 saturated heterocycles. The molecule has 0 fully saturated rings. The van der Waals surface area contributed by atoms with E-state index in [1.807, 2.05) is 0 Å². The Hall–Kier alpha value is 0.342. The van der Waals surface area contributed by atoms with Gasteiger partial charge in [0, 0.05) is 0 Å². The van der Waals surface area contributed by atoms with E-state index in [0.717, 1.165) is 0 Å². The zero-order valence-corrected chi connectivity index (χ0v) is 7.54. The van der Waals surface area contributed by atoms with Gasteiger partial charge in [-0.05, 0) is 0 Å². The standard InChI is InChI=1S/C3H9N.ClH.Cr.3O/c1-4(2)3;;;;;/h1-3H3;1H;;;;/q;;+1;;;-1. The van der Waals surface area contributed by atoms with E-state index in [9.17, 15) is 0 Å². The Balaban J connectivity index is 0. The van der Waals surface area contributed by atoms with E-state index in [1.54, 1.807) is 0 Å². The predicted molar refractivity (Wildman–Crippen MR) is 26.0 cm³/mol. The fourth-order valence-electron chi connectivity index (χ4n) is 0. The molecule has 0 bridgehead atoms. The molecular weight excluding hydrogens is 185 g/mol. The van der Waals surface area contributed by atoms with Gasteiger partial charge in [-0.15, -0.1) is 0 Å². The third-order valence-electron chi connectivity index (χ3n) is 0. The Kier molecular flexibility index (Phi) is 6.91. The van der Waals surface area contributed by atoms with E-state index in [-0.39, 0.29) is 0 Å². The maximum atomic E-state index is 8.91. The average molecular weight is 196 g/mol. The second-order valence-corrected chi connectivity index (χ2v) is 4.68. The maximum absolute atomic E-state index is 8.91. The van der Waals surface area contributed by atoms with Crippen LogP contribution in [0.25, 0.3) is 0 Å². The van der Waals surface area contributed by atoms with Gasteiger partial charge in [0.05, 0.1) is 21.1 Å². The Morgan fingerprint density at radius 2 is 1.33 bits per heavy atom. The summed E-state index contributed by atoms with van der Waals surface area (Å²) < 4.78 is 26.7. The predicted octanol–water partition coefficient (Wildman–Crippen LogP) is -1.98. The quantitative estimate of drug-likeness (QED) is 0.487. The molecule has 0 amide bonds. The SMILES string of the molecule is C[NH+](C)C.[O]=[Cr](=[O])([O-])[Cl]. The van der Waals surface area contributed by atoms with Crippen LogP contribution in [0.5, 0.6) is 0 Å². The van der Waals surface area contributed by atoms with Crippen molar-refractivity contribution in [1.82, 2.24) is 0 Å². The van der Waals surface area contributed by atoms with E-state index >= 15 is 0 Å². The molecule has 0 aliphatic heterocycles. The number of nitrogens with one attached hydrogen (secondary N) is 1. The number of quaternary nitrogens is 1. The van der Waals surface area contributed by atoms with Crippen LogP contribution in [-0.2, 0) is 20.0 Å².